The van der Waals surface area contributed by atoms with Gasteiger partial charge in [-0.3, -0.25) is 14.4 Å². The monoisotopic (exact) mass is 372 g/mol. The van der Waals surface area contributed by atoms with Gasteiger partial charge in [-0.15, -0.1) is 0 Å². The SMILES string of the molecule is CCc1cccc(C)c1NC(=O)COC(=O)[C@@H]1CC(=O)N(C2CCCC2)C1. The molecule has 6 nitrogen and oxygen atoms in total. The van der Waals surface area contributed by atoms with Gasteiger partial charge in [0, 0.05) is 24.7 Å². The van der Waals surface area contributed by atoms with Gasteiger partial charge in [-0.1, -0.05) is 38.0 Å². The van der Waals surface area contributed by atoms with Crippen LogP contribution in [0.1, 0.15) is 50.2 Å². The molecule has 1 atom stereocenters. The second-order valence-corrected chi connectivity index (χ2v) is 7.50. The molecule has 1 saturated heterocycles. The van der Waals surface area contributed by atoms with E-state index in [1.165, 1.54) is 0 Å². The van der Waals surface area contributed by atoms with Crippen molar-refractivity contribution >= 4 is 23.5 Å². The van der Waals surface area contributed by atoms with Crippen molar-refractivity contribution in [2.45, 2.75) is 58.4 Å². The van der Waals surface area contributed by atoms with E-state index in [1.54, 1.807) is 0 Å². The molecule has 2 fully saturated rings. The summed E-state index contributed by atoms with van der Waals surface area (Å²) in [7, 11) is 0. The van der Waals surface area contributed by atoms with Crippen molar-refractivity contribution in [3.63, 3.8) is 0 Å². The first kappa shape index (κ1) is 19.4. The van der Waals surface area contributed by atoms with Crippen LogP contribution in [0.25, 0.3) is 0 Å². The molecule has 0 spiro atoms. The van der Waals surface area contributed by atoms with Gasteiger partial charge >= 0.3 is 5.97 Å². The largest absolute Gasteiger partial charge is 0.455 e. The Morgan fingerprint density at radius 2 is 2.00 bits per heavy atom. The van der Waals surface area contributed by atoms with Crippen LogP contribution < -0.4 is 5.32 Å². The summed E-state index contributed by atoms with van der Waals surface area (Å²) in [6.45, 7) is 4.05. The van der Waals surface area contributed by atoms with Crippen molar-refractivity contribution in [3.05, 3.63) is 29.3 Å². The Hall–Kier alpha value is -2.37. The van der Waals surface area contributed by atoms with Gasteiger partial charge in [0.2, 0.25) is 5.91 Å². The number of carbonyl (C=O) groups is 3. The van der Waals surface area contributed by atoms with Gasteiger partial charge in [-0.2, -0.15) is 0 Å². The first-order valence-electron chi connectivity index (χ1n) is 9.84. The molecule has 2 aliphatic rings. The zero-order valence-corrected chi connectivity index (χ0v) is 16.1. The Kier molecular flexibility index (Phi) is 6.14. The summed E-state index contributed by atoms with van der Waals surface area (Å²) in [5.74, 6) is -1.25. The number of nitrogens with zero attached hydrogens (tertiary/aromatic N) is 1. The fraction of sp³-hybridized carbons (Fsp3) is 0.571. The summed E-state index contributed by atoms with van der Waals surface area (Å²) in [5, 5.41) is 2.84. The van der Waals surface area contributed by atoms with Crippen molar-refractivity contribution in [3.8, 4) is 0 Å². The number of hydrogen-bond acceptors (Lipinski definition) is 4. The number of esters is 1. The van der Waals surface area contributed by atoms with Crippen LogP contribution in [0.2, 0.25) is 0 Å². The lowest BCUT2D eigenvalue weighted by Crippen LogP contribution is -2.35. The smallest absolute Gasteiger partial charge is 0.311 e. The maximum atomic E-state index is 12.3. The van der Waals surface area contributed by atoms with Gasteiger partial charge in [-0.25, -0.2) is 0 Å². The third-order valence-corrected chi connectivity index (χ3v) is 5.61. The molecule has 3 rings (SSSR count). The molecule has 1 N–H and O–H groups in total. The molecular weight excluding hydrogens is 344 g/mol. The Morgan fingerprint density at radius 3 is 2.70 bits per heavy atom. The van der Waals surface area contributed by atoms with E-state index < -0.39 is 11.9 Å². The molecular formula is C21H28N2O4. The van der Waals surface area contributed by atoms with E-state index in [1.807, 2.05) is 36.9 Å². The molecule has 0 bridgehead atoms. The fourth-order valence-electron chi connectivity index (χ4n) is 4.09. The molecule has 0 radical (unpaired) electrons. The molecule has 1 saturated carbocycles. The molecule has 1 aliphatic carbocycles. The van der Waals surface area contributed by atoms with E-state index in [-0.39, 0.29) is 30.9 Å². The Bertz CT molecular complexity index is 725. The summed E-state index contributed by atoms with van der Waals surface area (Å²) in [5.41, 5.74) is 2.80. The van der Waals surface area contributed by atoms with E-state index >= 15 is 0 Å². The van der Waals surface area contributed by atoms with Crippen LogP contribution in [0.4, 0.5) is 5.69 Å². The number of ether oxygens (including phenoxy) is 1. The number of rotatable bonds is 6. The molecule has 146 valence electrons. The van der Waals surface area contributed by atoms with Crippen LogP contribution >= 0.6 is 0 Å². The predicted molar refractivity (Wildman–Crippen MR) is 102 cm³/mol. The molecule has 1 aliphatic heterocycles. The number of carbonyl (C=O) groups excluding carboxylic acids is 3. The Labute approximate surface area is 160 Å². The number of benzene rings is 1. The van der Waals surface area contributed by atoms with E-state index in [2.05, 4.69) is 5.32 Å². The van der Waals surface area contributed by atoms with Gasteiger partial charge < -0.3 is 15.0 Å². The van der Waals surface area contributed by atoms with E-state index in [4.69, 9.17) is 4.74 Å². The summed E-state index contributed by atoms with van der Waals surface area (Å²) < 4.78 is 5.20. The number of hydrogen-bond donors (Lipinski definition) is 1. The summed E-state index contributed by atoms with van der Waals surface area (Å²) >= 11 is 0. The van der Waals surface area contributed by atoms with Crippen molar-refractivity contribution in [2.24, 2.45) is 5.92 Å². The Balaban J connectivity index is 1.51. The summed E-state index contributed by atoms with van der Waals surface area (Å²) in [6.07, 6.45) is 5.32. The van der Waals surface area contributed by atoms with Crippen LogP contribution in [-0.2, 0) is 25.5 Å². The van der Waals surface area contributed by atoms with Gasteiger partial charge in [0.1, 0.15) is 0 Å². The fourth-order valence-corrected chi connectivity index (χ4v) is 4.09. The molecule has 0 aromatic heterocycles. The highest BCUT2D eigenvalue weighted by Gasteiger charge is 2.39. The van der Waals surface area contributed by atoms with Gasteiger partial charge in [-0.05, 0) is 37.3 Å². The molecule has 6 heteroatoms. The van der Waals surface area contributed by atoms with Crippen LogP contribution in [0.5, 0.6) is 0 Å². The zero-order valence-electron chi connectivity index (χ0n) is 16.1. The Morgan fingerprint density at radius 1 is 1.26 bits per heavy atom. The quantitative estimate of drug-likeness (QED) is 0.779. The van der Waals surface area contributed by atoms with Crippen molar-refractivity contribution in [1.29, 1.82) is 0 Å². The van der Waals surface area contributed by atoms with Crippen molar-refractivity contribution in [1.82, 2.24) is 4.90 Å². The third kappa shape index (κ3) is 4.49. The first-order chi connectivity index (χ1) is 13.0. The minimum Gasteiger partial charge on any atom is -0.455 e. The highest BCUT2D eigenvalue weighted by Crippen LogP contribution is 2.30. The lowest BCUT2D eigenvalue weighted by Gasteiger charge is -2.23. The van der Waals surface area contributed by atoms with Gasteiger partial charge in [0.15, 0.2) is 6.61 Å². The van der Waals surface area contributed by atoms with Crippen LogP contribution in [0, 0.1) is 12.8 Å². The number of nitrogens with one attached hydrogen (secondary N) is 1. The molecule has 1 heterocycles. The number of aryl methyl sites for hydroxylation is 2. The second kappa shape index (κ2) is 8.55. The molecule has 0 unspecified atom stereocenters. The number of amides is 2. The normalized spacial score (nSPS) is 20.1. The highest BCUT2D eigenvalue weighted by molar-refractivity contribution is 5.95. The minimum atomic E-state index is -0.462. The maximum absolute atomic E-state index is 12.3. The van der Waals surface area contributed by atoms with Crippen LogP contribution in [0.15, 0.2) is 18.2 Å². The van der Waals surface area contributed by atoms with Crippen LogP contribution in [0.3, 0.4) is 0 Å². The van der Waals surface area contributed by atoms with Crippen LogP contribution in [-0.4, -0.2) is 41.9 Å². The molecule has 2 amide bonds. The number of likely N-dealkylation sites (tertiary alicyclic amines) is 1. The second-order valence-electron chi connectivity index (χ2n) is 7.50. The number of para-hydroxylation sites is 1. The van der Waals surface area contributed by atoms with E-state index in [9.17, 15) is 14.4 Å². The average Bonchev–Trinajstić information content (AvgIpc) is 3.30. The van der Waals surface area contributed by atoms with E-state index in [0.29, 0.717) is 6.54 Å². The molecule has 1 aromatic rings. The summed E-state index contributed by atoms with van der Waals surface area (Å²) in [4.78, 5) is 38.6. The molecule has 1 aromatic carbocycles. The van der Waals surface area contributed by atoms with Gasteiger partial charge in [0.05, 0.1) is 5.92 Å². The minimum absolute atomic E-state index is 0.0285. The zero-order chi connectivity index (χ0) is 19.4. The lowest BCUT2D eigenvalue weighted by atomic mass is 10.1. The highest BCUT2D eigenvalue weighted by atomic mass is 16.5. The van der Waals surface area contributed by atoms with Crippen molar-refractivity contribution < 1.29 is 19.1 Å². The number of anilines is 1. The standard InChI is InChI=1S/C21H28N2O4/c1-3-15-8-6-7-14(2)20(15)22-18(24)13-27-21(26)16-11-19(25)23(12-16)17-9-4-5-10-17/h6-8,16-17H,3-5,9-13H2,1-2H3,(H,22,24)/t16-/m1/s1. The summed E-state index contributed by atoms with van der Waals surface area (Å²) in [6, 6.07) is 6.13. The topological polar surface area (TPSA) is 75.7 Å². The average molecular weight is 372 g/mol. The van der Waals surface area contributed by atoms with E-state index in [0.717, 1.165) is 48.9 Å². The maximum Gasteiger partial charge on any atom is 0.311 e. The van der Waals surface area contributed by atoms with Crippen molar-refractivity contribution in [2.75, 3.05) is 18.5 Å². The first-order valence-corrected chi connectivity index (χ1v) is 9.84. The third-order valence-electron chi connectivity index (χ3n) is 5.61. The lowest BCUT2D eigenvalue weighted by molar-refractivity contribution is -0.151. The predicted octanol–water partition coefficient (Wildman–Crippen LogP) is 2.83. The molecule has 27 heavy (non-hydrogen) atoms. The van der Waals surface area contributed by atoms with Gasteiger partial charge in [0.25, 0.3) is 5.91 Å².